The number of aliphatic hydroxyl groups excluding tert-OH is 1. The third kappa shape index (κ3) is 2.19. The molecule has 0 saturated heterocycles. The number of rotatable bonds is 4. The zero-order chi connectivity index (χ0) is 13.1. The van der Waals surface area contributed by atoms with Gasteiger partial charge in [0.15, 0.2) is 0 Å². The highest BCUT2D eigenvalue weighted by Crippen LogP contribution is 2.53. The Morgan fingerprint density at radius 3 is 1.63 bits per heavy atom. The summed E-state index contributed by atoms with van der Waals surface area (Å²) in [5.74, 6) is 0.314. The van der Waals surface area contributed by atoms with Crippen LogP contribution >= 0.6 is 0 Å². The molecule has 0 bridgehead atoms. The first-order chi connectivity index (χ1) is 9.36. The Morgan fingerprint density at radius 2 is 1.32 bits per heavy atom. The van der Waals surface area contributed by atoms with E-state index in [1.807, 2.05) is 0 Å². The standard InChI is InChI=1S/C18H20O/c19-14-18(12-7-13-18)17(15-8-3-1-4-9-15)16-10-5-2-6-11-16/h1-6,8-11,17,19H,7,12-14H2. The fourth-order valence-electron chi connectivity index (χ4n) is 3.36. The van der Waals surface area contributed by atoms with Crippen LogP contribution in [0.25, 0.3) is 0 Å². The molecule has 19 heavy (non-hydrogen) atoms. The Kier molecular flexibility index (Phi) is 3.39. The van der Waals surface area contributed by atoms with E-state index in [1.54, 1.807) is 0 Å². The largest absolute Gasteiger partial charge is 0.396 e. The molecule has 1 saturated carbocycles. The Hall–Kier alpha value is -1.60. The Bertz CT molecular complexity index is 469. The highest BCUT2D eigenvalue weighted by Gasteiger charge is 2.44. The molecule has 0 unspecified atom stereocenters. The lowest BCUT2D eigenvalue weighted by atomic mass is 9.58. The molecule has 3 rings (SSSR count). The Morgan fingerprint density at radius 1 is 0.842 bits per heavy atom. The molecule has 2 aromatic carbocycles. The van der Waals surface area contributed by atoms with Crippen molar-refractivity contribution in [1.82, 2.24) is 0 Å². The summed E-state index contributed by atoms with van der Waals surface area (Å²) in [5.41, 5.74) is 2.69. The molecule has 0 atom stereocenters. The molecule has 1 N–H and O–H groups in total. The number of hydrogen-bond acceptors (Lipinski definition) is 1. The zero-order valence-corrected chi connectivity index (χ0v) is 11.1. The molecule has 1 aliphatic rings. The third-order valence-corrected chi connectivity index (χ3v) is 4.54. The summed E-state index contributed by atoms with van der Waals surface area (Å²) in [5, 5.41) is 9.93. The fraction of sp³-hybridized carbons (Fsp3) is 0.333. The van der Waals surface area contributed by atoms with Crippen molar-refractivity contribution in [3.63, 3.8) is 0 Å². The van der Waals surface area contributed by atoms with Crippen LogP contribution in [-0.2, 0) is 0 Å². The summed E-state index contributed by atoms with van der Waals surface area (Å²) in [6.45, 7) is 0.279. The maximum Gasteiger partial charge on any atom is 0.0496 e. The van der Waals surface area contributed by atoms with Crippen LogP contribution in [0.4, 0.5) is 0 Å². The van der Waals surface area contributed by atoms with Crippen molar-refractivity contribution in [2.75, 3.05) is 6.61 Å². The molecular formula is C18H20O. The van der Waals surface area contributed by atoms with E-state index in [0.717, 1.165) is 12.8 Å². The van der Waals surface area contributed by atoms with Crippen molar-refractivity contribution < 1.29 is 5.11 Å². The van der Waals surface area contributed by atoms with E-state index in [9.17, 15) is 5.11 Å². The van der Waals surface area contributed by atoms with Gasteiger partial charge >= 0.3 is 0 Å². The first-order valence-electron chi connectivity index (χ1n) is 7.06. The normalized spacial score (nSPS) is 17.2. The van der Waals surface area contributed by atoms with Crippen LogP contribution in [0.3, 0.4) is 0 Å². The summed E-state index contributed by atoms with van der Waals surface area (Å²) in [4.78, 5) is 0. The molecule has 0 aliphatic heterocycles. The number of hydrogen-bond donors (Lipinski definition) is 1. The average molecular weight is 252 g/mol. The lowest BCUT2D eigenvalue weighted by Crippen LogP contribution is -2.40. The predicted octanol–water partition coefficient (Wildman–Crippen LogP) is 3.98. The molecular weight excluding hydrogens is 232 g/mol. The third-order valence-electron chi connectivity index (χ3n) is 4.54. The fourth-order valence-corrected chi connectivity index (χ4v) is 3.36. The molecule has 1 nitrogen and oxygen atoms in total. The van der Waals surface area contributed by atoms with E-state index in [0.29, 0.717) is 5.92 Å². The average Bonchev–Trinajstić information content (AvgIpc) is 2.44. The van der Waals surface area contributed by atoms with Gasteiger partial charge < -0.3 is 5.11 Å². The van der Waals surface area contributed by atoms with Gasteiger partial charge in [0.05, 0.1) is 0 Å². The van der Waals surface area contributed by atoms with Gasteiger partial charge in [-0.25, -0.2) is 0 Å². The molecule has 0 spiro atoms. The summed E-state index contributed by atoms with van der Waals surface area (Å²) >= 11 is 0. The summed E-state index contributed by atoms with van der Waals surface area (Å²) in [6, 6.07) is 21.2. The van der Waals surface area contributed by atoms with Crippen molar-refractivity contribution >= 4 is 0 Å². The van der Waals surface area contributed by atoms with Crippen LogP contribution in [-0.4, -0.2) is 11.7 Å². The van der Waals surface area contributed by atoms with Crippen LogP contribution in [0.15, 0.2) is 60.7 Å². The minimum absolute atomic E-state index is 0.0444. The zero-order valence-electron chi connectivity index (χ0n) is 11.1. The Labute approximate surface area is 114 Å². The molecule has 2 aromatic rings. The SMILES string of the molecule is OCC1(C(c2ccccc2)c2ccccc2)CCC1. The minimum atomic E-state index is 0.0444. The van der Waals surface area contributed by atoms with Gasteiger partial charge in [-0.3, -0.25) is 0 Å². The first-order valence-corrected chi connectivity index (χ1v) is 7.06. The number of aliphatic hydroxyl groups is 1. The van der Waals surface area contributed by atoms with Gasteiger partial charge in [-0.15, -0.1) is 0 Å². The summed E-state index contributed by atoms with van der Waals surface area (Å²) in [7, 11) is 0. The van der Waals surface area contributed by atoms with Crippen molar-refractivity contribution in [2.45, 2.75) is 25.2 Å². The maximum absolute atomic E-state index is 9.93. The molecule has 0 amide bonds. The van der Waals surface area contributed by atoms with Gasteiger partial charge in [-0.2, -0.15) is 0 Å². The topological polar surface area (TPSA) is 20.2 Å². The van der Waals surface area contributed by atoms with Gasteiger partial charge in [0, 0.05) is 17.9 Å². The summed E-state index contributed by atoms with van der Waals surface area (Å²) in [6.07, 6.45) is 3.48. The second-order valence-electron chi connectivity index (χ2n) is 5.63. The second-order valence-corrected chi connectivity index (χ2v) is 5.63. The van der Waals surface area contributed by atoms with E-state index in [2.05, 4.69) is 60.7 Å². The van der Waals surface area contributed by atoms with E-state index >= 15 is 0 Å². The second kappa shape index (κ2) is 5.18. The van der Waals surface area contributed by atoms with Crippen molar-refractivity contribution in [3.05, 3.63) is 71.8 Å². The molecule has 0 radical (unpaired) electrons. The highest BCUT2D eigenvalue weighted by molar-refractivity contribution is 5.36. The van der Waals surface area contributed by atoms with Crippen LogP contribution < -0.4 is 0 Å². The van der Waals surface area contributed by atoms with Crippen molar-refractivity contribution in [3.8, 4) is 0 Å². The van der Waals surface area contributed by atoms with Crippen molar-refractivity contribution in [1.29, 1.82) is 0 Å². The van der Waals surface area contributed by atoms with Gasteiger partial charge in [0.25, 0.3) is 0 Å². The maximum atomic E-state index is 9.93. The molecule has 1 heteroatoms. The minimum Gasteiger partial charge on any atom is -0.396 e. The van der Waals surface area contributed by atoms with E-state index < -0.39 is 0 Å². The van der Waals surface area contributed by atoms with E-state index in [4.69, 9.17) is 0 Å². The smallest absolute Gasteiger partial charge is 0.0496 e. The predicted molar refractivity (Wildman–Crippen MR) is 78.1 cm³/mol. The quantitative estimate of drug-likeness (QED) is 0.872. The first kappa shape index (κ1) is 12.4. The molecule has 98 valence electrons. The molecule has 1 aliphatic carbocycles. The Balaban J connectivity index is 2.06. The van der Waals surface area contributed by atoms with Crippen LogP contribution in [0.5, 0.6) is 0 Å². The van der Waals surface area contributed by atoms with Gasteiger partial charge in [0.2, 0.25) is 0 Å². The van der Waals surface area contributed by atoms with Crippen LogP contribution in [0, 0.1) is 5.41 Å². The van der Waals surface area contributed by atoms with Gasteiger partial charge in [-0.1, -0.05) is 67.1 Å². The molecule has 0 heterocycles. The van der Waals surface area contributed by atoms with E-state index in [1.165, 1.54) is 17.5 Å². The van der Waals surface area contributed by atoms with Gasteiger partial charge in [0.1, 0.15) is 0 Å². The lowest BCUT2D eigenvalue weighted by Gasteiger charge is -2.47. The van der Waals surface area contributed by atoms with Gasteiger partial charge in [-0.05, 0) is 24.0 Å². The van der Waals surface area contributed by atoms with E-state index in [-0.39, 0.29) is 12.0 Å². The monoisotopic (exact) mass is 252 g/mol. The van der Waals surface area contributed by atoms with Crippen molar-refractivity contribution in [2.24, 2.45) is 5.41 Å². The molecule has 0 aromatic heterocycles. The summed E-state index contributed by atoms with van der Waals surface area (Å²) < 4.78 is 0. The lowest BCUT2D eigenvalue weighted by molar-refractivity contribution is 0.0284. The van der Waals surface area contributed by atoms with Crippen LogP contribution in [0.2, 0.25) is 0 Å². The van der Waals surface area contributed by atoms with Crippen LogP contribution in [0.1, 0.15) is 36.3 Å². The molecule has 1 fully saturated rings. The highest BCUT2D eigenvalue weighted by atomic mass is 16.3. The number of benzene rings is 2.